The van der Waals surface area contributed by atoms with E-state index in [1.165, 1.54) is 5.56 Å². The monoisotopic (exact) mass is 233 g/mol. The maximum atomic E-state index is 4.04. The zero-order chi connectivity index (χ0) is 12.5. The van der Waals surface area contributed by atoms with Crippen LogP contribution in [0.2, 0.25) is 0 Å². The van der Waals surface area contributed by atoms with E-state index in [4.69, 9.17) is 0 Å². The molecule has 3 nitrogen and oxygen atoms in total. The summed E-state index contributed by atoms with van der Waals surface area (Å²) in [4.78, 5) is 6.49. The van der Waals surface area contributed by atoms with E-state index in [1.54, 1.807) is 0 Å². The minimum atomic E-state index is 0.521. The molecule has 1 unspecified atom stereocenters. The molecule has 1 aromatic rings. The van der Waals surface area contributed by atoms with E-state index in [0.29, 0.717) is 6.04 Å². The van der Waals surface area contributed by atoms with Crippen molar-refractivity contribution in [1.82, 2.24) is 15.2 Å². The van der Waals surface area contributed by atoms with Crippen LogP contribution in [0.3, 0.4) is 0 Å². The van der Waals surface area contributed by atoms with E-state index < -0.39 is 0 Å². The second-order valence-electron chi connectivity index (χ2n) is 4.21. The van der Waals surface area contributed by atoms with E-state index in [-0.39, 0.29) is 0 Å². The number of nitrogens with zero attached hydrogens (tertiary/aromatic N) is 2. The molecule has 0 spiro atoms. The van der Waals surface area contributed by atoms with Crippen LogP contribution in [0.25, 0.3) is 0 Å². The van der Waals surface area contributed by atoms with Crippen molar-refractivity contribution in [3.63, 3.8) is 0 Å². The molecule has 0 saturated carbocycles. The Labute approximate surface area is 105 Å². The molecule has 0 aliphatic carbocycles. The standard InChI is InChI=1S/C14H23N3/c1-4-8-16-11-13(3)17(5-2)12-14-6-9-15-10-7-14/h4,6-7,9-10,13,16H,1,5,8,11-12H2,2-3H3. The van der Waals surface area contributed by atoms with Gasteiger partial charge in [0.15, 0.2) is 0 Å². The highest BCUT2D eigenvalue weighted by molar-refractivity contribution is 5.09. The molecule has 1 heterocycles. The number of nitrogens with one attached hydrogen (secondary N) is 1. The van der Waals surface area contributed by atoms with Gasteiger partial charge >= 0.3 is 0 Å². The van der Waals surface area contributed by atoms with Gasteiger partial charge in [-0.2, -0.15) is 0 Å². The zero-order valence-corrected chi connectivity index (χ0v) is 10.9. The summed E-state index contributed by atoms with van der Waals surface area (Å²) in [5.74, 6) is 0. The summed E-state index contributed by atoms with van der Waals surface area (Å²) in [6, 6.07) is 4.67. The first-order valence-corrected chi connectivity index (χ1v) is 6.22. The van der Waals surface area contributed by atoms with E-state index >= 15 is 0 Å². The first-order chi connectivity index (χ1) is 8.27. The molecule has 3 heteroatoms. The van der Waals surface area contributed by atoms with Gasteiger partial charge in [0.25, 0.3) is 0 Å². The SMILES string of the molecule is C=CCNCC(C)N(CC)Cc1ccncc1. The molecule has 0 aliphatic heterocycles. The Kier molecular flexibility index (Phi) is 6.51. The van der Waals surface area contributed by atoms with Crippen LogP contribution in [0.5, 0.6) is 0 Å². The largest absolute Gasteiger partial charge is 0.312 e. The van der Waals surface area contributed by atoms with E-state index in [2.05, 4.69) is 47.8 Å². The van der Waals surface area contributed by atoms with Crippen molar-refractivity contribution < 1.29 is 0 Å². The fourth-order valence-corrected chi connectivity index (χ4v) is 1.83. The molecule has 0 aromatic carbocycles. The van der Waals surface area contributed by atoms with Crippen LogP contribution in [0.4, 0.5) is 0 Å². The molecule has 0 amide bonds. The predicted molar refractivity (Wildman–Crippen MR) is 72.8 cm³/mol. The molecule has 0 bridgehead atoms. The number of hydrogen-bond acceptors (Lipinski definition) is 3. The van der Waals surface area contributed by atoms with Crippen molar-refractivity contribution in [3.8, 4) is 0 Å². The molecule has 0 radical (unpaired) electrons. The Morgan fingerprint density at radius 3 is 2.76 bits per heavy atom. The lowest BCUT2D eigenvalue weighted by Crippen LogP contribution is -2.39. The fourth-order valence-electron chi connectivity index (χ4n) is 1.83. The minimum absolute atomic E-state index is 0.521. The molecule has 0 aliphatic rings. The third-order valence-electron chi connectivity index (χ3n) is 2.89. The Hall–Kier alpha value is -1.19. The maximum Gasteiger partial charge on any atom is 0.0271 e. The second-order valence-corrected chi connectivity index (χ2v) is 4.21. The van der Waals surface area contributed by atoms with Gasteiger partial charge in [0, 0.05) is 38.1 Å². The van der Waals surface area contributed by atoms with E-state index in [9.17, 15) is 0 Å². The average molecular weight is 233 g/mol. The molecule has 1 aromatic heterocycles. The number of hydrogen-bond donors (Lipinski definition) is 1. The molecular weight excluding hydrogens is 210 g/mol. The van der Waals surface area contributed by atoms with Crippen molar-refractivity contribution >= 4 is 0 Å². The smallest absolute Gasteiger partial charge is 0.0271 e. The summed E-state index contributed by atoms with van der Waals surface area (Å²) < 4.78 is 0. The molecule has 94 valence electrons. The van der Waals surface area contributed by atoms with Gasteiger partial charge in [-0.25, -0.2) is 0 Å². The van der Waals surface area contributed by atoms with Crippen LogP contribution >= 0.6 is 0 Å². The highest BCUT2D eigenvalue weighted by Crippen LogP contribution is 2.06. The second kappa shape index (κ2) is 7.98. The Morgan fingerprint density at radius 1 is 1.47 bits per heavy atom. The lowest BCUT2D eigenvalue weighted by molar-refractivity contribution is 0.207. The van der Waals surface area contributed by atoms with Gasteiger partial charge in [-0.3, -0.25) is 9.88 Å². The normalized spacial score (nSPS) is 12.6. The van der Waals surface area contributed by atoms with Crippen molar-refractivity contribution in [1.29, 1.82) is 0 Å². The van der Waals surface area contributed by atoms with Crippen LogP contribution in [0.1, 0.15) is 19.4 Å². The first kappa shape index (κ1) is 13.9. The topological polar surface area (TPSA) is 28.2 Å². The van der Waals surface area contributed by atoms with E-state index in [0.717, 1.165) is 26.2 Å². The zero-order valence-electron chi connectivity index (χ0n) is 10.9. The molecule has 1 rings (SSSR count). The molecule has 0 fully saturated rings. The fraction of sp³-hybridized carbons (Fsp3) is 0.500. The van der Waals surface area contributed by atoms with E-state index in [1.807, 2.05) is 18.5 Å². The Bertz CT molecular complexity index is 311. The van der Waals surface area contributed by atoms with Gasteiger partial charge in [-0.1, -0.05) is 13.0 Å². The van der Waals surface area contributed by atoms with Crippen LogP contribution < -0.4 is 5.32 Å². The highest BCUT2D eigenvalue weighted by atomic mass is 15.2. The average Bonchev–Trinajstić information content (AvgIpc) is 2.37. The Balaban J connectivity index is 2.44. The highest BCUT2D eigenvalue weighted by Gasteiger charge is 2.11. The first-order valence-electron chi connectivity index (χ1n) is 6.22. The van der Waals surface area contributed by atoms with Crippen LogP contribution in [-0.4, -0.2) is 35.6 Å². The summed E-state index contributed by atoms with van der Waals surface area (Å²) in [6.45, 7) is 12.1. The minimum Gasteiger partial charge on any atom is -0.312 e. The summed E-state index contributed by atoms with van der Waals surface area (Å²) >= 11 is 0. The van der Waals surface area contributed by atoms with Gasteiger partial charge in [0.1, 0.15) is 0 Å². The van der Waals surface area contributed by atoms with Crippen molar-refractivity contribution in [2.45, 2.75) is 26.4 Å². The molecule has 17 heavy (non-hydrogen) atoms. The van der Waals surface area contributed by atoms with Crippen molar-refractivity contribution in [3.05, 3.63) is 42.7 Å². The molecular formula is C14H23N3. The third kappa shape index (κ3) is 5.11. The van der Waals surface area contributed by atoms with Gasteiger partial charge < -0.3 is 5.32 Å². The number of pyridine rings is 1. The van der Waals surface area contributed by atoms with Crippen LogP contribution in [0.15, 0.2) is 37.2 Å². The van der Waals surface area contributed by atoms with Crippen LogP contribution in [-0.2, 0) is 6.54 Å². The molecule has 1 atom stereocenters. The van der Waals surface area contributed by atoms with Crippen molar-refractivity contribution in [2.75, 3.05) is 19.6 Å². The molecule has 0 saturated heterocycles. The predicted octanol–water partition coefficient (Wildman–Crippen LogP) is 2.07. The summed E-state index contributed by atoms with van der Waals surface area (Å²) in [7, 11) is 0. The third-order valence-corrected chi connectivity index (χ3v) is 2.89. The van der Waals surface area contributed by atoms with Crippen molar-refractivity contribution in [2.24, 2.45) is 0 Å². The number of likely N-dealkylation sites (N-methyl/N-ethyl adjacent to an activating group) is 1. The van der Waals surface area contributed by atoms with Gasteiger partial charge in [-0.05, 0) is 31.2 Å². The number of rotatable bonds is 8. The Morgan fingerprint density at radius 2 is 2.18 bits per heavy atom. The summed E-state index contributed by atoms with van der Waals surface area (Å²) in [6.07, 6.45) is 5.60. The maximum absolute atomic E-state index is 4.04. The lowest BCUT2D eigenvalue weighted by Gasteiger charge is -2.28. The summed E-state index contributed by atoms with van der Waals surface area (Å²) in [5.41, 5.74) is 1.32. The lowest BCUT2D eigenvalue weighted by atomic mass is 10.2. The summed E-state index contributed by atoms with van der Waals surface area (Å²) in [5, 5.41) is 3.36. The molecule has 1 N–H and O–H groups in total. The van der Waals surface area contributed by atoms with Crippen LogP contribution in [0, 0.1) is 0 Å². The van der Waals surface area contributed by atoms with Gasteiger partial charge in [0.05, 0.1) is 0 Å². The number of aromatic nitrogens is 1. The quantitative estimate of drug-likeness (QED) is 0.550. The van der Waals surface area contributed by atoms with Gasteiger partial charge in [0.2, 0.25) is 0 Å². The van der Waals surface area contributed by atoms with Gasteiger partial charge in [-0.15, -0.1) is 6.58 Å².